The molecule has 1 heterocycles. The Morgan fingerprint density at radius 2 is 1.05 bits per heavy atom. The van der Waals surface area contributed by atoms with Gasteiger partial charge in [-0.05, 0) is 38.5 Å². The first-order valence-corrected chi connectivity index (χ1v) is 24.5. The molecule has 0 aromatic rings. The third kappa shape index (κ3) is 29.8. The summed E-state index contributed by atoms with van der Waals surface area (Å²) in [6.07, 6.45) is 40.5. The monoisotopic (exact) mass is 824 g/mol. The van der Waals surface area contributed by atoms with Crippen molar-refractivity contribution in [3.8, 4) is 0 Å². The highest BCUT2D eigenvalue weighted by atomic mass is 16.7. The number of unbranched alkanes of at least 4 members (excludes halogenated alkanes) is 27. The van der Waals surface area contributed by atoms with Crippen LogP contribution in [0.2, 0.25) is 0 Å². The van der Waals surface area contributed by atoms with Crippen molar-refractivity contribution >= 4 is 5.91 Å². The van der Waals surface area contributed by atoms with Crippen molar-refractivity contribution in [3.63, 3.8) is 0 Å². The van der Waals surface area contributed by atoms with Gasteiger partial charge in [0.1, 0.15) is 24.4 Å². The molecule has 0 radical (unpaired) electrons. The van der Waals surface area contributed by atoms with E-state index in [9.17, 15) is 30.3 Å². The molecule has 1 aliphatic rings. The van der Waals surface area contributed by atoms with Crippen molar-refractivity contribution in [2.75, 3.05) is 13.2 Å². The zero-order valence-corrected chi connectivity index (χ0v) is 37.6. The molecule has 1 amide bonds. The molecule has 1 rings (SSSR count). The van der Waals surface area contributed by atoms with Gasteiger partial charge in [0.05, 0.1) is 25.4 Å². The van der Waals surface area contributed by atoms with Crippen LogP contribution in [0.3, 0.4) is 0 Å². The summed E-state index contributed by atoms with van der Waals surface area (Å²) in [5.41, 5.74) is 0. The van der Waals surface area contributed by atoms with Crippen molar-refractivity contribution in [3.05, 3.63) is 24.3 Å². The number of carbonyl (C=O) groups excluding carboxylic acids is 1. The molecule has 1 aliphatic heterocycles. The van der Waals surface area contributed by atoms with Crippen molar-refractivity contribution in [2.45, 2.75) is 269 Å². The largest absolute Gasteiger partial charge is 0.394 e. The van der Waals surface area contributed by atoms with Gasteiger partial charge in [0.15, 0.2) is 6.29 Å². The van der Waals surface area contributed by atoms with E-state index >= 15 is 0 Å². The normalized spacial score (nSPS) is 21.0. The van der Waals surface area contributed by atoms with Crippen LogP contribution in [0.5, 0.6) is 0 Å². The smallest absolute Gasteiger partial charge is 0.220 e. The minimum Gasteiger partial charge on any atom is -0.394 e. The van der Waals surface area contributed by atoms with Gasteiger partial charge in [0.25, 0.3) is 0 Å². The molecular formula is C49H93NO8. The van der Waals surface area contributed by atoms with Gasteiger partial charge in [-0.3, -0.25) is 4.79 Å². The summed E-state index contributed by atoms with van der Waals surface area (Å²) in [7, 11) is 0. The molecule has 0 spiro atoms. The number of hydrogen-bond acceptors (Lipinski definition) is 8. The van der Waals surface area contributed by atoms with Crippen LogP contribution in [0.4, 0.5) is 0 Å². The number of nitrogens with one attached hydrogen (secondary N) is 1. The fourth-order valence-corrected chi connectivity index (χ4v) is 7.85. The van der Waals surface area contributed by atoms with E-state index in [4.69, 9.17) is 9.47 Å². The Balaban J connectivity index is 2.26. The van der Waals surface area contributed by atoms with Crippen LogP contribution < -0.4 is 5.32 Å². The van der Waals surface area contributed by atoms with Crippen molar-refractivity contribution in [2.24, 2.45) is 0 Å². The summed E-state index contributed by atoms with van der Waals surface area (Å²) < 4.78 is 11.3. The highest BCUT2D eigenvalue weighted by Gasteiger charge is 2.44. The predicted molar refractivity (Wildman–Crippen MR) is 240 cm³/mol. The zero-order chi connectivity index (χ0) is 42.3. The van der Waals surface area contributed by atoms with Crippen LogP contribution in [0, 0.1) is 0 Å². The molecule has 342 valence electrons. The van der Waals surface area contributed by atoms with Gasteiger partial charge in [0.2, 0.25) is 5.91 Å². The maximum Gasteiger partial charge on any atom is 0.220 e. The second-order valence-corrected chi connectivity index (χ2v) is 17.3. The molecule has 0 aromatic carbocycles. The molecule has 7 unspecified atom stereocenters. The SMILES string of the molecule is CCC/C=C\C/C=C\CCCCCCCC(=O)NC(COC1OC(CO)C(O)C(O)C1O)C(O)CCCCCCCCCCCCCCCCCCCCCCCC. The van der Waals surface area contributed by atoms with E-state index in [1.54, 1.807) is 0 Å². The number of hydrogen-bond donors (Lipinski definition) is 6. The molecule has 9 heteroatoms. The van der Waals surface area contributed by atoms with Crippen molar-refractivity contribution in [1.29, 1.82) is 0 Å². The lowest BCUT2D eigenvalue weighted by atomic mass is 9.99. The molecular weight excluding hydrogens is 731 g/mol. The van der Waals surface area contributed by atoms with Crippen LogP contribution >= 0.6 is 0 Å². The molecule has 1 saturated heterocycles. The maximum absolute atomic E-state index is 13.0. The zero-order valence-electron chi connectivity index (χ0n) is 37.6. The minimum absolute atomic E-state index is 0.142. The number of aliphatic hydroxyl groups is 5. The lowest BCUT2D eigenvalue weighted by Crippen LogP contribution is -2.60. The van der Waals surface area contributed by atoms with Crippen LogP contribution in [0.15, 0.2) is 24.3 Å². The summed E-state index contributed by atoms with van der Waals surface area (Å²) in [5, 5.41) is 54.4. The topological polar surface area (TPSA) is 149 Å². The molecule has 6 N–H and O–H groups in total. The first-order chi connectivity index (χ1) is 28.3. The molecule has 0 saturated carbocycles. The highest BCUT2D eigenvalue weighted by molar-refractivity contribution is 5.76. The highest BCUT2D eigenvalue weighted by Crippen LogP contribution is 2.23. The number of amides is 1. The minimum atomic E-state index is -1.55. The molecule has 58 heavy (non-hydrogen) atoms. The predicted octanol–water partition coefficient (Wildman–Crippen LogP) is 10.7. The Morgan fingerprint density at radius 3 is 1.55 bits per heavy atom. The van der Waals surface area contributed by atoms with Gasteiger partial charge < -0.3 is 40.3 Å². The first-order valence-electron chi connectivity index (χ1n) is 24.5. The molecule has 7 atom stereocenters. The quantitative estimate of drug-likeness (QED) is 0.0264. The number of allylic oxidation sites excluding steroid dienone is 4. The number of carbonyl (C=O) groups is 1. The molecule has 0 aliphatic carbocycles. The molecule has 0 bridgehead atoms. The number of aliphatic hydroxyl groups excluding tert-OH is 5. The summed E-state index contributed by atoms with van der Waals surface area (Å²) in [4.78, 5) is 13.0. The Labute approximate surface area is 356 Å². The van der Waals surface area contributed by atoms with Gasteiger partial charge in [-0.1, -0.05) is 205 Å². The third-order valence-electron chi connectivity index (χ3n) is 11.8. The average molecular weight is 824 g/mol. The Kier molecular flexibility index (Phi) is 37.5. The van der Waals surface area contributed by atoms with E-state index in [0.717, 1.165) is 70.6 Å². The standard InChI is InChI=1S/C49H93NO8/c1-3-5-7-9-11-13-15-17-18-19-20-21-22-23-24-25-27-28-30-32-34-36-38-43(52)42(41-57-49-48(56)47(55)46(54)44(40-51)58-49)50-45(53)39-37-35-33-31-29-26-16-14-12-10-8-6-4-2/h8,10,14,16,42-44,46-49,51-52,54-56H,3-7,9,11-13,15,17-41H2,1-2H3,(H,50,53)/b10-8-,16-14-. The Hall–Kier alpha value is -1.33. The first kappa shape index (κ1) is 54.7. The van der Waals surface area contributed by atoms with Crippen molar-refractivity contribution < 1.29 is 39.8 Å². The van der Waals surface area contributed by atoms with Crippen LogP contribution in [0.25, 0.3) is 0 Å². The van der Waals surface area contributed by atoms with E-state index in [0.29, 0.717) is 12.8 Å². The van der Waals surface area contributed by atoms with Gasteiger partial charge in [-0.2, -0.15) is 0 Å². The van der Waals surface area contributed by atoms with Crippen molar-refractivity contribution in [1.82, 2.24) is 5.32 Å². The van der Waals surface area contributed by atoms with Crippen LogP contribution in [0.1, 0.15) is 226 Å². The third-order valence-corrected chi connectivity index (χ3v) is 11.8. The van der Waals surface area contributed by atoms with Gasteiger partial charge in [-0.25, -0.2) is 0 Å². The van der Waals surface area contributed by atoms with E-state index in [-0.39, 0.29) is 12.5 Å². The van der Waals surface area contributed by atoms with Gasteiger partial charge in [-0.15, -0.1) is 0 Å². The summed E-state index contributed by atoms with van der Waals surface area (Å²) >= 11 is 0. The Morgan fingerprint density at radius 1 is 0.586 bits per heavy atom. The maximum atomic E-state index is 13.0. The van der Waals surface area contributed by atoms with E-state index in [2.05, 4.69) is 43.5 Å². The number of rotatable bonds is 41. The van der Waals surface area contributed by atoms with E-state index in [1.165, 1.54) is 128 Å². The van der Waals surface area contributed by atoms with E-state index in [1.807, 2.05) is 0 Å². The number of ether oxygens (including phenoxy) is 2. The van der Waals surface area contributed by atoms with Crippen LogP contribution in [-0.4, -0.2) is 87.5 Å². The second kappa shape index (κ2) is 39.8. The van der Waals surface area contributed by atoms with E-state index < -0.39 is 49.5 Å². The second-order valence-electron chi connectivity index (χ2n) is 17.3. The van der Waals surface area contributed by atoms with Gasteiger partial charge >= 0.3 is 0 Å². The fraction of sp³-hybridized carbons (Fsp3) is 0.898. The molecule has 9 nitrogen and oxygen atoms in total. The fourth-order valence-electron chi connectivity index (χ4n) is 7.85. The lowest BCUT2D eigenvalue weighted by Gasteiger charge is -2.40. The Bertz CT molecular complexity index is 961. The molecule has 1 fully saturated rings. The lowest BCUT2D eigenvalue weighted by molar-refractivity contribution is -0.302. The average Bonchev–Trinajstić information content (AvgIpc) is 3.22. The summed E-state index contributed by atoms with van der Waals surface area (Å²) in [6, 6.07) is -0.724. The van der Waals surface area contributed by atoms with Crippen LogP contribution in [-0.2, 0) is 14.3 Å². The summed E-state index contributed by atoms with van der Waals surface area (Å²) in [6.45, 7) is 3.77. The summed E-state index contributed by atoms with van der Waals surface area (Å²) in [5.74, 6) is -0.158. The molecule has 0 aromatic heterocycles. The van der Waals surface area contributed by atoms with Gasteiger partial charge in [0, 0.05) is 6.42 Å².